The van der Waals surface area contributed by atoms with Crippen LogP contribution in [-0.2, 0) is 6.54 Å². The normalized spacial score (nSPS) is 16.0. The van der Waals surface area contributed by atoms with E-state index in [0.717, 1.165) is 36.9 Å². The lowest BCUT2D eigenvalue weighted by Crippen LogP contribution is -2.45. The van der Waals surface area contributed by atoms with Crippen molar-refractivity contribution in [3.8, 4) is 0 Å². The lowest BCUT2D eigenvalue weighted by molar-refractivity contribution is -0.402. The van der Waals surface area contributed by atoms with Crippen molar-refractivity contribution < 1.29 is 9.34 Å². The van der Waals surface area contributed by atoms with Gasteiger partial charge in [-0.15, -0.1) is 0 Å². The molecule has 22 heavy (non-hydrogen) atoms. The zero-order valence-corrected chi connectivity index (χ0v) is 12.7. The van der Waals surface area contributed by atoms with Crippen LogP contribution in [0.2, 0.25) is 5.02 Å². The van der Waals surface area contributed by atoms with E-state index in [0.29, 0.717) is 12.3 Å². The van der Waals surface area contributed by atoms with Gasteiger partial charge in [-0.25, -0.2) is 0 Å². The molecule has 0 atom stereocenters. The number of piperazine rings is 1. The first-order chi connectivity index (χ1) is 10.6. The summed E-state index contributed by atoms with van der Waals surface area (Å²) < 4.78 is 5.20. The summed E-state index contributed by atoms with van der Waals surface area (Å²) in [7, 11) is 0. The minimum atomic E-state index is -0.513. The third-order valence-electron chi connectivity index (χ3n) is 3.75. The van der Waals surface area contributed by atoms with Crippen molar-refractivity contribution in [2.24, 2.45) is 0 Å². The summed E-state index contributed by atoms with van der Waals surface area (Å²) in [5.41, 5.74) is 1.13. The first-order valence-electron chi connectivity index (χ1n) is 7.08. The van der Waals surface area contributed by atoms with Gasteiger partial charge in [0.2, 0.25) is 0 Å². The van der Waals surface area contributed by atoms with Gasteiger partial charge < -0.3 is 9.32 Å². The predicted octanol–water partition coefficient (Wildman–Crippen LogP) is 3.16. The Bertz CT molecular complexity index is 666. The van der Waals surface area contributed by atoms with E-state index in [1.807, 2.05) is 18.2 Å². The van der Waals surface area contributed by atoms with Gasteiger partial charge in [-0.2, -0.15) is 0 Å². The Morgan fingerprint density at radius 1 is 1.18 bits per heavy atom. The van der Waals surface area contributed by atoms with Crippen molar-refractivity contribution in [3.05, 3.63) is 57.3 Å². The molecule has 0 unspecified atom stereocenters. The zero-order chi connectivity index (χ0) is 15.5. The molecule has 0 saturated carbocycles. The number of halogens is 1. The molecule has 0 bridgehead atoms. The van der Waals surface area contributed by atoms with Gasteiger partial charge in [0.15, 0.2) is 0 Å². The fourth-order valence-corrected chi connectivity index (χ4v) is 2.79. The molecule has 6 nitrogen and oxygen atoms in total. The Morgan fingerprint density at radius 2 is 1.95 bits per heavy atom. The molecule has 1 saturated heterocycles. The second-order valence-corrected chi connectivity index (χ2v) is 5.68. The Kier molecular flexibility index (Phi) is 4.31. The van der Waals surface area contributed by atoms with Crippen LogP contribution in [0.15, 0.2) is 40.8 Å². The van der Waals surface area contributed by atoms with E-state index in [1.165, 1.54) is 6.07 Å². The molecule has 116 valence electrons. The van der Waals surface area contributed by atoms with Crippen LogP contribution >= 0.6 is 11.6 Å². The summed E-state index contributed by atoms with van der Waals surface area (Å²) in [6.45, 7) is 4.13. The fourth-order valence-electron chi connectivity index (χ4n) is 2.61. The average Bonchev–Trinajstić information content (AvgIpc) is 2.97. The number of benzene rings is 1. The van der Waals surface area contributed by atoms with E-state index in [-0.39, 0.29) is 5.88 Å². The van der Waals surface area contributed by atoms with Crippen molar-refractivity contribution >= 4 is 23.2 Å². The molecule has 1 aliphatic heterocycles. The third-order valence-corrected chi connectivity index (χ3v) is 3.99. The number of rotatable bonds is 4. The smallest absolute Gasteiger partial charge is 0.404 e. The van der Waals surface area contributed by atoms with E-state index >= 15 is 0 Å². The van der Waals surface area contributed by atoms with Gasteiger partial charge in [0.05, 0.1) is 12.6 Å². The molecule has 1 aromatic heterocycles. The molecule has 0 spiro atoms. The van der Waals surface area contributed by atoms with Crippen LogP contribution in [0, 0.1) is 10.1 Å². The highest BCUT2D eigenvalue weighted by Gasteiger charge is 2.20. The molecule has 1 fully saturated rings. The Hall–Kier alpha value is -2.05. The zero-order valence-electron chi connectivity index (χ0n) is 11.9. The maximum Gasteiger partial charge on any atom is 0.433 e. The Labute approximate surface area is 133 Å². The summed E-state index contributed by atoms with van der Waals surface area (Å²) in [5.74, 6) is 0.426. The van der Waals surface area contributed by atoms with Gasteiger partial charge in [-0.3, -0.25) is 15.0 Å². The van der Waals surface area contributed by atoms with Crippen LogP contribution in [0.5, 0.6) is 0 Å². The van der Waals surface area contributed by atoms with Gasteiger partial charge in [0.25, 0.3) is 0 Å². The average molecular weight is 322 g/mol. The largest absolute Gasteiger partial charge is 0.433 e. The van der Waals surface area contributed by atoms with Crippen molar-refractivity contribution in [1.82, 2.24) is 4.90 Å². The first-order valence-corrected chi connectivity index (χ1v) is 7.45. The number of hydrogen-bond donors (Lipinski definition) is 0. The van der Waals surface area contributed by atoms with Crippen molar-refractivity contribution in [2.45, 2.75) is 6.54 Å². The topological polar surface area (TPSA) is 62.8 Å². The summed E-state index contributed by atoms with van der Waals surface area (Å²) in [5, 5.41) is 11.4. The molecule has 0 N–H and O–H groups in total. The van der Waals surface area contributed by atoms with Crippen LogP contribution < -0.4 is 4.90 Å². The number of furan rings is 1. The van der Waals surface area contributed by atoms with Gasteiger partial charge in [-0.1, -0.05) is 17.7 Å². The molecule has 0 radical (unpaired) electrons. The molecule has 7 heteroatoms. The molecule has 2 heterocycles. The van der Waals surface area contributed by atoms with E-state index in [1.54, 1.807) is 6.07 Å². The highest BCUT2D eigenvalue weighted by Crippen LogP contribution is 2.22. The Morgan fingerprint density at radius 3 is 2.59 bits per heavy atom. The van der Waals surface area contributed by atoms with E-state index in [2.05, 4.69) is 15.9 Å². The predicted molar refractivity (Wildman–Crippen MR) is 84.3 cm³/mol. The molecule has 2 aromatic rings. The monoisotopic (exact) mass is 321 g/mol. The second kappa shape index (κ2) is 6.37. The van der Waals surface area contributed by atoms with Crippen LogP contribution in [0.25, 0.3) is 0 Å². The van der Waals surface area contributed by atoms with Gasteiger partial charge in [0.1, 0.15) is 10.7 Å². The number of nitrogens with zero attached hydrogens (tertiary/aromatic N) is 3. The molecular formula is C15H16ClN3O3. The molecule has 0 aliphatic carbocycles. The van der Waals surface area contributed by atoms with Crippen molar-refractivity contribution in [2.75, 3.05) is 31.1 Å². The summed E-state index contributed by atoms with van der Waals surface area (Å²) in [6, 6.07) is 10.9. The molecule has 1 aromatic carbocycles. The third kappa shape index (κ3) is 3.40. The lowest BCUT2D eigenvalue weighted by Gasteiger charge is -2.35. The lowest BCUT2D eigenvalue weighted by atomic mass is 10.2. The van der Waals surface area contributed by atoms with Crippen LogP contribution in [0.4, 0.5) is 11.6 Å². The fraction of sp³-hybridized carbons (Fsp3) is 0.333. The maximum absolute atomic E-state index is 10.6. The molecular weight excluding hydrogens is 306 g/mol. The molecule has 0 amide bonds. The number of anilines is 1. The van der Waals surface area contributed by atoms with E-state index in [9.17, 15) is 10.1 Å². The van der Waals surface area contributed by atoms with Gasteiger partial charge in [0, 0.05) is 36.9 Å². The standard InChI is InChI=1S/C15H16ClN3O3/c16-12-2-1-3-13(10-12)18-8-6-17(7-9-18)11-14-4-5-15(22-14)19(20)21/h1-5,10H,6-9,11H2. The van der Waals surface area contributed by atoms with Crippen molar-refractivity contribution in [1.29, 1.82) is 0 Å². The van der Waals surface area contributed by atoms with Crippen LogP contribution in [0.1, 0.15) is 5.76 Å². The highest BCUT2D eigenvalue weighted by atomic mass is 35.5. The van der Waals surface area contributed by atoms with E-state index in [4.69, 9.17) is 16.0 Å². The maximum atomic E-state index is 10.6. The van der Waals surface area contributed by atoms with Crippen molar-refractivity contribution in [3.63, 3.8) is 0 Å². The number of nitro groups is 1. The Balaban J connectivity index is 1.56. The SMILES string of the molecule is O=[N+]([O-])c1ccc(CN2CCN(c3cccc(Cl)c3)CC2)o1. The van der Waals surface area contributed by atoms with Gasteiger partial charge >= 0.3 is 5.88 Å². The second-order valence-electron chi connectivity index (χ2n) is 5.24. The number of hydrogen-bond acceptors (Lipinski definition) is 5. The van der Waals surface area contributed by atoms with Crippen LogP contribution in [-0.4, -0.2) is 36.0 Å². The first kappa shape index (κ1) is 14.9. The minimum Gasteiger partial charge on any atom is -0.404 e. The minimum absolute atomic E-state index is 0.201. The summed E-state index contributed by atoms with van der Waals surface area (Å²) in [6.07, 6.45) is 0. The summed E-state index contributed by atoms with van der Waals surface area (Å²) in [4.78, 5) is 14.6. The molecule has 1 aliphatic rings. The highest BCUT2D eigenvalue weighted by molar-refractivity contribution is 6.30. The molecule has 3 rings (SSSR count). The summed E-state index contributed by atoms with van der Waals surface area (Å²) >= 11 is 6.02. The van der Waals surface area contributed by atoms with E-state index < -0.39 is 4.92 Å². The quantitative estimate of drug-likeness (QED) is 0.639. The van der Waals surface area contributed by atoms with Crippen LogP contribution in [0.3, 0.4) is 0 Å². The van der Waals surface area contributed by atoms with Gasteiger partial charge in [-0.05, 0) is 24.3 Å².